The molecule has 1 aromatic carbocycles. The third-order valence-corrected chi connectivity index (χ3v) is 3.77. The van der Waals surface area contributed by atoms with E-state index in [1.807, 2.05) is 0 Å². The summed E-state index contributed by atoms with van der Waals surface area (Å²) in [4.78, 5) is 26.4. The average Bonchev–Trinajstić information content (AvgIpc) is 3.15. The highest BCUT2D eigenvalue weighted by molar-refractivity contribution is 6.01. The topological polar surface area (TPSA) is 75.4 Å². The quantitative estimate of drug-likeness (QED) is 0.943. The average molecular weight is 317 g/mol. The third-order valence-electron chi connectivity index (χ3n) is 3.77. The summed E-state index contributed by atoms with van der Waals surface area (Å²) >= 11 is 0. The lowest BCUT2D eigenvalue weighted by molar-refractivity contribution is -0.119. The first-order valence-electron chi connectivity index (χ1n) is 7.35. The minimum atomic E-state index is -0.595. The van der Waals surface area contributed by atoms with Gasteiger partial charge in [0.15, 0.2) is 5.82 Å². The Bertz CT molecular complexity index is 744. The van der Waals surface area contributed by atoms with E-state index < -0.39 is 11.9 Å². The fraction of sp³-hybridized carbons (Fsp3) is 0.312. The number of hydrogen-bond acceptors (Lipinski definition) is 4. The number of anilines is 1. The first kappa shape index (κ1) is 15.2. The number of halogens is 1. The van der Waals surface area contributed by atoms with Gasteiger partial charge in [-0.1, -0.05) is 11.2 Å². The summed E-state index contributed by atoms with van der Waals surface area (Å²) in [7, 11) is 0. The van der Waals surface area contributed by atoms with Crippen LogP contribution in [0.25, 0.3) is 0 Å². The molecule has 0 saturated carbocycles. The van der Waals surface area contributed by atoms with Gasteiger partial charge in [0.1, 0.15) is 17.6 Å². The fourth-order valence-electron chi connectivity index (χ4n) is 2.70. The monoisotopic (exact) mass is 317 g/mol. The van der Waals surface area contributed by atoms with Crippen molar-refractivity contribution in [1.82, 2.24) is 10.1 Å². The van der Waals surface area contributed by atoms with Crippen molar-refractivity contribution in [3.8, 4) is 0 Å². The van der Waals surface area contributed by atoms with Crippen molar-refractivity contribution in [3.63, 3.8) is 0 Å². The molecule has 0 unspecified atom stereocenters. The lowest BCUT2D eigenvalue weighted by Gasteiger charge is -2.23. The van der Waals surface area contributed by atoms with Gasteiger partial charge < -0.3 is 14.7 Å². The van der Waals surface area contributed by atoms with Gasteiger partial charge in [0.2, 0.25) is 5.91 Å². The number of hydrogen-bond donors (Lipinski definition) is 1. The second kappa shape index (κ2) is 6.20. The molecule has 1 N–H and O–H groups in total. The van der Waals surface area contributed by atoms with Crippen LogP contribution in [0.15, 0.2) is 34.9 Å². The minimum Gasteiger partial charge on any atom is -0.360 e. The van der Waals surface area contributed by atoms with Crippen LogP contribution in [0.2, 0.25) is 0 Å². The van der Waals surface area contributed by atoms with Crippen LogP contribution in [0, 0.1) is 12.7 Å². The van der Waals surface area contributed by atoms with Crippen LogP contribution in [0.3, 0.4) is 0 Å². The first-order chi connectivity index (χ1) is 11.0. The molecule has 2 heterocycles. The van der Waals surface area contributed by atoms with Crippen LogP contribution >= 0.6 is 0 Å². The van der Waals surface area contributed by atoms with Crippen LogP contribution in [-0.4, -0.2) is 34.5 Å². The zero-order chi connectivity index (χ0) is 16.4. The molecule has 3 rings (SSSR count). The number of rotatable bonds is 3. The van der Waals surface area contributed by atoms with Gasteiger partial charge in [-0.3, -0.25) is 9.59 Å². The van der Waals surface area contributed by atoms with E-state index in [1.165, 1.54) is 23.1 Å². The SMILES string of the molecule is Cc1cc(NC(=O)[C@@H]2CCCN2C(=O)c2cccc(F)c2)no1. The van der Waals surface area contributed by atoms with Gasteiger partial charge in [0.05, 0.1) is 0 Å². The van der Waals surface area contributed by atoms with Crippen LogP contribution in [0.4, 0.5) is 10.2 Å². The highest BCUT2D eigenvalue weighted by atomic mass is 19.1. The van der Waals surface area contributed by atoms with Gasteiger partial charge in [0.25, 0.3) is 5.91 Å². The molecule has 1 saturated heterocycles. The molecule has 0 bridgehead atoms. The number of nitrogens with one attached hydrogen (secondary N) is 1. The highest BCUT2D eigenvalue weighted by Gasteiger charge is 2.35. The molecule has 120 valence electrons. The lowest BCUT2D eigenvalue weighted by Crippen LogP contribution is -2.43. The first-order valence-corrected chi connectivity index (χ1v) is 7.35. The molecular formula is C16H16FN3O3. The van der Waals surface area contributed by atoms with Crippen LogP contribution in [0.1, 0.15) is 29.0 Å². The second-order valence-corrected chi connectivity index (χ2v) is 5.48. The smallest absolute Gasteiger partial charge is 0.254 e. The number of carbonyl (C=O) groups excluding carboxylic acids is 2. The van der Waals surface area contributed by atoms with E-state index in [9.17, 15) is 14.0 Å². The van der Waals surface area contributed by atoms with Crippen LogP contribution < -0.4 is 5.32 Å². The van der Waals surface area contributed by atoms with E-state index in [2.05, 4.69) is 10.5 Å². The number of amides is 2. The van der Waals surface area contributed by atoms with E-state index >= 15 is 0 Å². The summed E-state index contributed by atoms with van der Waals surface area (Å²) in [5, 5.41) is 6.35. The molecule has 1 aliphatic rings. The van der Waals surface area contributed by atoms with Gasteiger partial charge in [-0.25, -0.2) is 4.39 Å². The molecule has 7 heteroatoms. The molecule has 1 aliphatic heterocycles. The van der Waals surface area contributed by atoms with Crippen molar-refractivity contribution in [2.75, 3.05) is 11.9 Å². The standard InChI is InChI=1S/C16H16FN3O3/c1-10-8-14(19-23-10)18-15(21)13-6-3-7-20(13)16(22)11-4-2-5-12(17)9-11/h2,4-5,8-9,13H,3,6-7H2,1H3,(H,18,19,21)/t13-/m0/s1. The number of carbonyl (C=O) groups is 2. The van der Waals surface area contributed by atoms with E-state index in [1.54, 1.807) is 19.1 Å². The maximum atomic E-state index is 13.3. The summed E-state index contributed by atoms with van der Waals surface area (Å²) < 4.78 is 18.2. The van der Waals surface area contributed by atoms with Crippen molar-refractivity contribution in [3.05, 3.63) is 47.5 Å². The molecule has 0 aliphatic carbocycles. The van der Waals surface area contributed by atoms with E-state index in [0.717, 1.165) is 6.42 Å². The molecular weight excluding hydrogens is 301 g/mol. The Hall–Kier alpha value is -2.70. The van der Waals surface area contributed by atoms with Gasteiger partial charge in [-0.2, -0.15) is 0 Å². The normalized spacial score (nSPS) is 17.3. The van der Waals surface area contributed by atoms with Crippen LogP contribution in [-0.2, 0) is 4.79 Å². The Morgan fingerprint density at radius 1 is 1.39 bits per heavy atom. The van der Waals surface area contributed by atoms with Gasteiger partial charge in [0, 0.05) is 18.2 Å². The van der Waals surface area contributed by atoms with Crippen molar-refractivity contribution >= 4 is 17.6 Å². The Labute approximate surface area is 132 Å². The van der Waals surface area contributed by atoms with Crippen molar-refractivity contribution in [2.24, 2.45) is 0 Å². The zero-order valence-electron chi connectivity index (χ0n) is 12.6. The molecule has 23 heavy (non-hydrogen) atoms. The fourth-order valence-corrected chi connectivity index (χ4v) is 2.70. The summed E-state index contributed by atoms with van der Waals surface area (Å²) in [5.74, 6) is -0.245. The number of aryl methyl sites for hydroxylation is 1. The lowest BCUT2D eigenvalue weighted by atomic mass is 10.1. The van der Waals surface area contributed by atoms with E-state index in [-0.39, 0.29) is 17.4 Å². The third kappa shape index (κ3) is 3.23. The Balaban J connectivity index is 1.74. The van der Waals surface area contributed by atoms with Crippen LogP contribution in [0.5, 0.6) is 0 Å². The zero-order valence-corrected chi connectivity index (χ0v) is 12.6. The highest BCUT2D eigenvalue weighted by Crippen LogP contribution is 2.22. The Morgan fingerprint density at radius 2 is 2.22 bits per heavy atom. The largest absolute Gasteiger partial charge is 0.360 e. The second-order valence-electron chi connectivity index (χ2n) is 5.48. The molecule has 0 spiro atoms. The maximum Gasteiger partial charge on any atom is 0.254 e. The maximum absolute atomic E-state index is 13.3. The molecule has 2 amide bonds. The molecule has 0 radical (unpaired) electrons. The van der Waals surface area contributed by atoms with Gasteiger partial charge >= 0.3 is 0 Å². The molecule has 1 fully saturated rings. The number of nitrogens with zero attached hydrogens (tertiary/aromatic N) is 2. The van der Waals surface area contributed by atoms with Crippen molar-refractivity contribution in [1.29, 1.82) is 0 Å². The Kier molecular flexibility index (Phi) is 4.10. The van der Waals surface area contributed by atoms with Crippen molar-refractivity contribution < 1.29 is 18.5 Å². The number of aromatic nitrogens is 1. The summed E-state index contributed by atoms with van der Waals surface area (Å²) in [5.41, 5.74) is 0.238. The minimum absolute atomic E-state index is 0.238. The number of likely N-dealkylation sites (tertiary alicyclic amines) is 1. The number of benzene rings is 1. The molecule has 1 atom stereocenters. The predicted octanol–water partition coefficient (Wildman–Crippen LogP) is 2.37. The summed E-state index contributed by atoms with van der Waals surface area (Å²) in [6.07, 6.45) is 1.28. The molecule has 2 aromatic rings. The van der Waals surface area contributed by atoms with E-state index in [4.69, 9.17) is 4.52 Å². The summed E-state index contributed by atoms with van der Waals surface area (Å²) in [6, 6.07) is 6.48. The predicted molar refractivity (Wildman–Crippen MR) is 80.3 cm³/mol. The molecule has 6 nitrogen and oxygen atoms in total. The van der Waals surface area contributed by atoms with Gasteiger partial charge in [-0.15, -0.1) is 0 Å². The summed E-state index contributed by atoms with van der Waals surface area (Å²) in [6.45, 7) is 2.18. The van der Waals surface area contributed by atoms with Gasteiger partial charge in [-0.05, 0) is 38.0 Å². The Morgan fingerprint density at radius 3 is 2.91 bits per heavy atom. The molecule has 1 aromatic heterocycles. The van der Waals surface area contributed by atoms with Crippen molar-refractivity contribution in [2.45, 2.75) is 25.8 Å². The van der Waals surface area contributed by atoms with E-state index in [0.29, 0.717) is 24.5 Å².